The van der Waals surface area contributed by atoms with Crippen LogP contribution in [0.2, 0.25) is 4.34 Å². The summed E-state index contributed by atoms with van der Waals surface area (Å²) in [6.07, 6.45) is 0.959. The summed E-state index contributed by atoms with van der Waals surface area (Å²) >= 11 is 9.02. The van der Waals surface area contributed by atoms with Gasteiger partial charge < -0.3 is 4.90 Å². The first-order chi connectivity index (χ1) is 12.0. The van der Waals surface area contributed by atoms with E-state index in [0.717, 1.165) is 19.8 Å². The van der Waals surface area contributed by atoms with Crippen molar-refractivity contribution in [2.24, 2.45) is 0 Å². The molecule has 4 nitrogen and oxygen atoms in total. The van der Waals surface area contributed by atoms with E-state index < -0.39 is 4.87 Å². The molecule has 0 bridgehead atoms. The molecule has 0 N–H and O–H groups in total. The number of hydrogen-bond donors (Lipinski definition) is 0. The fourth-order valence-electron chi connectivity index (χ4n) is 3.48. The van der Waals surface area contributed by atoms with Crippen molar-refractivity contribution >= 4 is 52.2 Å². The molecular formula is C18H17ClN2O2S2. The third-order valence-electron chi connectivity index (χ3n) is 4.65. The van der Waals surface area contributed by atoms with Gasteiger partial charge in [0.25, 0.3) is 5.91 Å². The number of benzene rings is 1. The number of thioether (sulfide) groups is 1. The SMILES string of the molecule is CCN(Cc1ccc(Cl)s1)C(=O)C12CCC(=O)N1c1ccccc1S2. The lowest BCUT2D eigenvalue weighted by Gasteiger charge is -2.34. The second kappa shape index (κ2) is 6.34. The van der Waals surface area contributed by atoms with Crippen LogP contribution in [0.5, 0.6) is 0 Å². The van der Waals surface area contributed by atoms with Crippen LogP contribution < -0.4 is 4.90 Å². The molecule has 0 radical (unpaired) electrons. The van der Waals surface area contributed by atoms with Gasteiger partial charge in [0.15, 0.2) is 4.87 Å². The Morgan fingerprint density at radius 1 is 1.32 bits per heavy atom. The van der Waals surface area contributed by atoms with Crippen LogP contribution in [0.3, 0.4) is 0 Å². The van der Waals surface area contributed by atoms with Crippen molar-refractivity contribution in [3.63, 3.8) is 0 Å². The van der Waals surface area contributed by atoms with Crippen molar-refractivity contribution < 1.29 is 9.59 Å². The van der Waals surface area contributed by atoms with E-state index in [1.807, 2.05) is 48.2 Å². The molecule has 1 aromatic heterocycles. The molecule has 25 heavy (non-hydrogen) atoms. The molecule has 2 aliphatic rings. The Kier molecular flexibility index (Phi) is 4.30. The molecule has 4 rings (SSSR count). The van der Waals surface area contributed by atoms with E-state index >= 15 is 0 Å². The van der Waals surface area contributed by atoms with E-state index in [-0.39, 0.29) is 11.8 Å². The van der Waals surface area contributed by atoms with E-state index in [1.54, 1.807) is 4.90 Å². The van der Waals surface area contributed by atoms with E-state index in [2.05, 4.69) is 0 Å². The zero-order valence-corrected chi connectivity index (χ0v) is 16.1. The van der Waals surface area contributed by atoms with Crippen LogP contribution in [0.1, 0.15) is 24.6 Å². The average molecular weight is 393 g/mol. The van der Waals surface area contributed by atoms with Gasteiger partial charge in [-0.15, -0.1) is 11.3 Å². The quantitative estimate of drug-likeness (QED) is 0.775. The van der Waals surface area contributed by atoms with Gasteiger partial charge >= 0.3 is 0 Å². The Labute approximate surface area is 159 Å². The van der Waals surface area contributed by atoms with Gasteiger partial charge in [0, 0.05) is 22.7 Å². The molecule has 130 valence electrons. The van der Waals surface area contributed by atoms with Crippen molar-refractivity contribution in [2.75, 3.05) is 11.4 Å². The largest absolute Gasteiger partial charge is 0.335 e. The summed E-state index contributed by atoms with van der Waals surface area (Å²) in [5.74, 6) is 0.0348. The van der Waals surface area contributed by atoms with Crippen LogP contribution in [-0.4, -0.2) is 28.1 Å². The number of carbonyl (C=O) groups is 2. The summed E-state index contributed by atoms with van der Waals surface area (Å²) in [6, 6.07) is 11.6. The molecule has 1 saturated heterocycles. The number of hydrogen-bond acceptors (Lipinski definition) is 4. The van der Waals surface area contributed by atoms with Crippen molar-refractivity contribution in [1.82, 2.24) is 4.90 Å². The first kappa shape index (κ1) is 16.9. The van der Waals surface area contributed by atoms with Crippen molar-refractivity contribution in [3.8, 4) is 0 Å². The molecule has 2 aromatic rings. The molecule has 2 amide bonds. The first-order valence-corrected chi connectivity index (χ1v) is 10.2. The summed E-state index contributed by atoms with van der Waals surface area (Å²) in [5.41, 5.74) is 0.860. The molecular weight excluding hydrogens is 376 g/mol. The van der Waals surface area contributed by atoms with Gasteiger partial charge in [0.05, 0.1) is 16.6 Å². The third-order valence-corrected chi connectivity index (χ3v) is 7.33. The number of likely N-dealkylation sites (N-methyl/N-ethyl adjacent to an activating group) is 1. The van der Waals surface area contributed by atoms with Gasteiger partial charge in [-0.1, -0.05) is 35.5 Å². The molecule has 2 aliphatic heterocycles. The number of para-hydroxylation sites is 1. The number of nitrogens with zero attached hydrogens (tertiary/aromatic N) is 2. The number of carbonyl (C=O) groups excluding carboxylic acids is 2. The van der Waals surface area contributed by atoms with Gasteiger partial charge in [0.2, 0.25) is 5.91 Å². The summed E-state index contributed by atoms with van der Waals surface area (Å²) in [4.78, 5) is 30.8. The number of fused-ring (bicyclic) bond motifs is 3. The maximum absolute atomic E-state index is 13.5. The summed E-state index contributed by atoms with van der Waals surface area (Å²) < 4.78 is 0.719. The lowest BCUT2D eigenvalue weighted by atomic mass is 10.1. The van der Waals surface area contributed by atoms with Gasteiger partial charge in [-0.3, -0.25) is 14.5 Å². The zero-order chi connectivity index (χ0) is 17.6. The molecule has 1 atom stereocenters. The minimum absolute atomic E-state index is 0.00609. The third kappa shape index (κ3) is 2.67. The molecule has 1 unspecified atom stereocenters. The molecule has 1 fully saturated rings. The summed E-state index contributed by atoms with van der Waals surface area (Å²) in [7, 11) is 0. The highest BCUT2D eigenvalue weighted by Gasteiger charge is 2.58. The van der Waals surface area contributed by atoms with Crippen LogP contribution in [-0.2, 0) is 16.1 Å². The van der Waals surface area contributed by atoms with Gasteiger partial charge in [-0.05, 0) is 37.6 Å². The summed E-state index contributed by atoms with van der Waals surface area (Å²) in [6.45, 7) is 3.08. The topological polar surface area (TPSA) is 40.6 Å². The molecule has 0 saturated carbocycles. The monoisotopic (exact) mass is 392 g/mol. The van der Waals surface area contributed by atoms with Gasteiger partial charge in [-0.2, -0.15) is 0 Å². The Bertz CT molecular complexity index is 853. The summed E-state index contributed by atoms with van der Waals surface area (Å²) in [5, 5.41) is 0. The number of halogens is 1. The van der Waals surface area contributed by atoms with E-state index in [1.165, 1.54) is 23.1 Å². The number of rotatable bonds is 4. The first-order valence-electron chi connectivity index (χ1n) is 8.20. The normalized spacial score (nSPS) is 21.4. The number of amides is 2. The smallest absolute Gasteiger partial charge is 0.260 e. The van der Waals surface area contributed by atoms with E-state index in [4.69, 9.17) is 11.6 Å². The van der Waals surface area contributed by atoms with Crippen LogP contribution >= 0.6 is 34.7 Å². The average Bonchev–Trinajstić information content (AvgIpc) is 3.26. The predicted molar refractivity (Wildman–Crippen MR) is 102 cm³/mol. The molecule has 0 spiro atoms. The van der Waals surface area contributed by atoms with Gasteiger partial charge in [0.1, 0.15) is 0 Å². The zero-order valence-electron chi connectivity index (χ0n) is 13.7. The molecule has 7 heteroatoms. The maximum Gasteiger partial charge on any atom is 0.260 e. The lowest BCUT2D eigenvalue weighted by Crippen LogP contribution is -2.53. The highest BCUT2D eigenvalue weighted by molar-refractivity contribution is 8.02. The second-order valence-electron chi connectivity index (χ2n) is 6.11. The standard InChI is InChI=1S/C18H17ClN2O2S2/c1-2-20(11-12-7-8-15(19)24-12)17(23)18-10-9-16(22)21(18)13-5-3-4-6-14(13)25-18/h3-8H,2,9-11H2,1H3. The van der Waals surface area contributed by atoms with Crippen molar-refractivity contribution in [3.05, 3.63) is 45.6 Å². The Morgan fingerprint density at radius 2 is 2.12 bits per heavy atom. The minimum atomic E-state index is -0.835. The lowest BCUT2D eigenvalue weighted by molar-refractivity contribution is -0.134. The Morgan fingerprint density at radius 3 is 2.84 bits per heavy atom. The number of anilines is 1. The van der Waals surface area contributed by atoms with Crippen LogP contribution in [0, 0.1) is 0 Å². The van der Waals surface area contributed by atoms with Crippen molar-refractivity contribution in [1.29, 1.82) is 0 Å². The molecule has 1 aromatic carbocycles. The van der Waals surface area contributed by atoms with Crippen LogP contribution in [0.25, 0.3) is 0 Å². The fourth-order valence-corrected chi connectivity index (χ4v) is 6.07. The molecule has 0 aliphatic carbocycles. The Balaban J connectivity index is 1.67. The molecule has 3 heterocycles. The maximum atomic E-state index is 13.5. The van der Waals surface area contributed by atoms with Crippen molar-refractivity contribution in [2.45, 2.75) is 36.1 Å². The number of thiophene rings is 1. The Hall–Kier alpha value is -1.50. The fraction of sp³-hybridized carbons (Fsp3) is 0.333. The van der Waals surface area contributed by atoms with Crippen LogP contribution in [0.4, 0.5) is 5.69 Å². The van der Waals surface area contributed by atoms with Crippen LogP contribution in [0.15, 0.2) is 41.3 Å². The van der Waals surface area contributed by atoms with Gasteiger partial charge in [-0.25, -0.2) is 0 Å². The van der Waals surface area contributed by atoms with E-state index in [0.29, 0.717) is 25.9 Å². The highest BCUT2D eigenvalue weighted by atomic mass is 35.5. The minimum Gasteiger partial charge on any atom is -0.335 e. The second-order valence-corrected chi connectivity index (χ2v) is 9.23. The van der Waals surface area contributed by atoms with E-state index in [9.17, 15) is 9.59 Å². The predicted octanol–water partition coefficient (Wildman–Crippen LogP) is 4.38. The highest BCUT2D eigenvalue weighted by Crippen LogP contribution is 2.56.